The predicted octanol–water partition coefficient (Wildman–Crippen LogP) is 3.74. The first kappa shape index (κ1) is 15.0. The van der Waals surface area contributed by atoms with Gasteiger partial charge >= 0.3 is 0 Å². The molecule has 3 heteroatoms. The van der Waals surface area contributed by atoms with E-state index in [1.807, 2.05) is 0 Å². The van der Waals surface area contributed by atoms with Gasteiger partial charge in [-0.3, -0.25) is 4.79 Å². The minimum atomic E-state index is 0.264. The van der Waals surface area contributed by atoms with Crippen molar-refractivity contribution in [1.82, 2.24) is 5.32 Å². The number of carbonyl (C=O) groups excluding carboxylic acids is 1. The largest absolute Gasteiger partial charge is 0.352 e. The molecule has 1 saturated carbocycles. The molecule has 100 valence electrons. The molecule has 0 aromatic heterocycles. The lowest BCUT2D eigenvalue weighted by atomic mass is 9.82. The molecular weight excluding hydrogens is 278 g/mol. The number of alkyl halides is 1. The van der Waals surface area contributed by atoms with Gasteiger partial charge in [-0.15, -0.1) is 0 Å². The minimum Gasteiger partial charge on any atom is -0.352 e. The number of hydrogen-bond acceptors (Lipinski definition) is 1. The van der Waals surface area contributed by atoms with Gasteiger partial charge in [0.25, 0.3) is 0 Å². The normalized spacial score (nSPS) is 26.9. The molecule has 1 aliphatic rings. The molecule has 0 saturated heterocycles. The van der Waals surface area contributed by atoms with Gasteiger partial charge < -0.3 is 5.32 Å². The van der Waals surface area contributed by atoms with Crippen molar-refractivity contribution < 1.29 is 4.79 Å². The van der Waals surface area contributed by atoms with Crippen LogP contribution in [0, 0.1) is 17.8 Å². The van der Waals surface area contributed by atoms with Crippen molar-refractivity contribution in [3.05, 3.63) is 0 Å². The zero-order valence-electron chi connectivity index (χ0n) is 11.3. The van der Waals surface area contributed by atoms with Gasteiger partial charge in [-0.1, -0.05) is 36.7 Å². The van der Waals surface area contributed by atoms with Crippen LogP contribution in [0.3, 0.4) is 0 Å². The molecule has 17 heavy (non-hydrogen) atoms. The first-order valence-corrected chi connectivity index (χ1v) is 8.01. The number of rotatable bonds is 5. The third-order valence-corrected chi connectivity index (χ3v) is 4.46. The summed E-state index contributed by atoms with van der Waals surface area (Å²) in [6.45, 7) is 6.68. The summed E-state index contributed by atoms with van der Waals surface area (Å²) in [5.41, 5.74) is 0. The molecule has 1 unspecified atom stereocenters. The Bertz CT molecular complexity index is 234. The average Bonchev–Trinajstić information content (AvgIpc) is 2.28. The van der Waals surface area contributed by atoms with E-state index in [0.29, 0.717) is 12.0 Å². The van der Waals surface area contributed by atoms with Gasteiger partial charge in [0.1, 0.15) is 0 Å². The highest BCUT2D eigenvalue weighted by Gasteiger charge is 2.25. The summed E-state index contributed by atoms with van der Waals surface area (Å²) in [5, 5.41) is 4.06. The zero-order valence-corrected chi connectivity index (χ0v) is 12.9. The summed E-state index contributed by atoms with van der Waals surface area (Å²) >= 11 is 3.49. The Morgan fingerprint density at radius 3 is 2.35 bits per heavy atom. The van der Waals surface area contributed by atoms with E-state index in [2.05, 4.69) is 42.0 Å². The fourth-order valence-electron chi connectivity index (χ4n) is 2.57. The summed E-state index contributed by atoms with van der Waals surface area (Å²) in [6, 6.07) is 0.293. The third kappa shape index (κ3) is 5.41. The molecule has 0 radical (unpaired) electrons. The summed E-state index contributed by atoms with van der Waals surface area (Å²) in [4.78, 5) is 12.1. The molecule has 0 aromatic carbocycles. The predicted molar refractivity (Wildman–Crippen MR) is 76.3 cm³/mol. The maximum atomic E-state index is 12.1. The van der Waals surface area contributed by atoms with Gasteiger partial charge in [0.2, 0.25) is 5.91 Å². The Kier molecular flexibility index (Phi) is 6.53. The highest BCUT2D eigenvalue weighted by molar-refractivity contribution is 9.09. The van der Waals surface area contributed by atoms with Crippen LogP contribution in [0.4, 0.5) is 0 Å². The lowest BCUT2D eigenvalue weighted by Crippen LogP contribution is -2.41. The minimum absolute atomic E-state index is 0.264. The zero-order chi connectivity index (χ0) is 12.8. The number of hydrogen-bond donors (Lipinski definition) is 1. The quantitative estimate of drug-likeness (QED) is 0.770. The highest BCUT2D eigenvalue weighted by Crippen LogP contribution is 2.28. The third-order valence-electron chi connectivity index (χ3n) is 3.68. The van der Waals surface area contributed by atoms with Gasteiger partial charge in [-0.05, 0) is 43.9 Å². The Morgan fingerprint density at radius 2 is 1.88 bits per heavy atom. The second kappa shape index (κ2) is 7.40. The van der Waals surface area contributed by atoms with Crippen LogP contribution in [0.5, 0.6) is 0 Å². The van der Waals surface area contributed by atoms with Gasteiger partial charge in [-0.2, -0.15) is 0 Å². The van der Waals surface area contributed by atoms with E-state index >= 15 is 0 Å². The molecule has 0 heterocycles. The molecule has 0 aromatic rings. The lowest BCUT2D eigenvalue weighted by molar-refractivity contribution is -0.126. The molecule has 1 fully saturated rings. The van der Waals surface area contributed by atoms with E-state index in [9.17, 15) is 4.79 Å². The summed E-state index contributed by atoms with van der Waals surface area (Å²) in [7, 11) is 0. The van der Waals surface area contributed by atoms with Crippen molar-refractivity contribution in [2.45, 2.75) is 58.9 Å². The maximum absolute atomic E-state index is 12.1. The Hall–Kier alpha value is -0.0500. The van der Waals surface area contributed by atoms with E-state index in [1.54, 1.807) is 0 Å². The Labute approximate surface area is 114 Å². The maximum Gasteiger partial charge on any atom is 0.223 e. The first-order valence-electron chi connectivity index (χ1n) is 6.89. The fourth-order valence-corrected chi connectivity index (χ4v) is 3.00. The van der Waals surface area contributed by atoms with Crippen molar-refractivity contribution in [3.63, 3.8) is 0 Å². The molecule has 0 aliphatic heterocycles. The van der Waals surface area contributed by atoms with E-state index in [4.69, 9.17) is 0 Å². The van der Waals surface area contributed by atoms with Crippen LogP contribution in [0.25, 0.3) is 0 Å². The van der Waals surface area contributed by atoms with Crippen molar-refractivity contribution in [3.8, 4) is 0 Å². The van der Waals surface area contributed by atoms with E-state index in [-0.39, 0.29) is 11.8 Å². The molecule has 1 atom stereocenters. The molecule has 2 nitrogen and oxygen atoms in total. The SMILES string of the molecule is CC(C)CC(CBr)NC(=O)C1CCC(C)CC1. The molecule has 1 amide bonds. The fraction of sp³-hybridized carbons (Fsp3) is 0.929. The number of halogens is 1. The van der Waals surface area contributed by atoms with Crippen molar-refractivity contribution >= 4 is 21.8 Å². The molecule has 1 rings (SSSR count). The van der Waals surface area contributed by atoms with Crippen LogP contribution in [0.15, 0.2) is 0 Å². The van der Waals surface area contributed by atoms with Crippen molar-refractivity contribution in [2.24, 2.45) is 17.8 Å². The summed E-state index contributed by atoms with van der Waals surface area (Å²) in [6.07, 6.45) is 5.62. The highest BCUT2D eigenvalue weighted by atomic mass is 79.9. The Morgan fingerprint density at radius 1 is 1.29 bits per heavy atom. The van der Waals surface area contributed by atoms with Crippen molar-refractivity contribution in [2.75, 3.05) is 5.33 Å². The first-order chi connectivity index (χ1) is 8.02. The van der Waals surface area contributed by atoms with Crippen LogP contribution < -0.4 is 5.32 Å². The molecule has 0 spiro atoms. The van der Waals surface area contributed by atoms with Gasteiger partial charge in [-0.25, -0.2) is 0 Å². The van der Waals surface area contributed by atoms with E-state index < -0.39 is 0 Å². The van der Waals surface area contributed by atoms with Crippen LogP contribution >= 0.6 is 15.9 Å². The van der Waals surface area contributed by atoms with Crippen LogP contribution in [0.1, 0.15) is 52.9 Å². The van der Waals surface area contributed by atoms with Crippen LogP contribution in [-0.2, 0) is 4.79 Å². The monoisotopic (exact) mass is 303 g/mol. The van der Waals surface area contributed by atoms with Gasteiger partial charge in [0.05, 0.1) is 0 Å². The second-order valence-corrected chi connectivity index (χ2v) is 6.59. The van der Waals surface area contributed by atoms with Crippen LogP contribution in [-0.4, -0.2) is 17.3 Å². The number of amides is 1. The second-order valence-electron chi connectivity index (χ2n) is 5.95. The average molecular weight is 304 g/mol. The van der Waals surface area contributed by atoms with Gasteiger partial charge in [0, 0.05) is 17.3 Å². The van der Waals surface area contributed by atoms with Gasteiger partial charge in [0.15, 0.2) is 0 Å². The number of carbonyl (C=O) groups is 1. The smallest absolute Gasteiger partial charge is 0.223 e. The topological polar surface area (TPSA) is 29.1 Å². The lowest BCUT2D eigenvalue weighted by Gasteiger charge is -2.27. The molecule has 0 bridgehead atoms. The standard InChI is InChI=1S/C14H26BrNO/c1-10(2)8-13(9-15)16-14(17)12-6-4-11(3)5-7-12/h10-13H,4-9H2,1-3H3,(H,16,17). The van der Waals surface area contributed by atoms with E-state index in [0.717, 1.165) is 30.5 Å². The molecular formula is C14H26BrNO. The van der Waals surface area contributed by atoms with Crippen molar-refractivity contribution in [1.29, 1.82) is 0 Å². The summed E-state index contributed by atoms with van der Waals surface area (Å²) in [5.74, 6) is 1.98. The van der Waals surface area contributed by atoms with Crippen LogP contribution in [0.2, 0.25) is 0 Å². The van der Waals surface area contributed by atoms with E-state index in [1.165, 1.54) is 12.8 Å². The Balaban J connectivity index is 2.36. The molecule has 1 N–H and O–H groups in total. The summed E-state index contributed by atoms with van der Waals surface area (Å²) < 4.78 is 0. The number of nitrogens with one attached hydrogen (secondary N) is 1. The molecule has 1 aliphatic carbocycles.